The number of hydrogen-bond acceptors (Lipinski definition) is 6. The van der Waals surface area contributed by atoms with Crippen molar-refractivity contribution >= 4 is 11.6 Å². The normalized spacial score (nSPS) is 12.3. The van der Waals surface area contributed by atoms with Crippen LogP contribution in [0.3, 0.4) is 0 Å². The SMILES string of the molecule is CCOC[C@H](O)CN(CCOC)Cc1c(-c2ccccc2)nn(C)c1Oc1ccccc1Cl. The number of aliphatic hydroxyl groups is 1. The van der Waals surface area contributed by atoms with Crippen LogP contribution < -0.4 is 4.74 Å². The van der Waals surface area contributed by atoms with Crippen LogP contribution in [0.15, 0.2) is 54.6 Å². The molecule has 7 nitrogen and oxygen atoms in total. The number of ether oxygens (including phenoxy) is 3. The summed E-state index contributed by atoms with van der Waals surface area (Å²) in [5.41, 5.74) is 2.71. The molecule has 0 aliphatic carbocycles. The highest BCUT2D eigenvalue weighted by Crippen LogP contribution is 2.36. The number of aliphatic hydroxyl groups excluding tert-OH is 1. The van der Waals surface area contributed by atoms with Gasteiger partial charge in [-0.25, -0.2) is 4.68 Å². The number of hydrogen-bond donors (Lipinski definition) is 1. The minimum atomic E-state index is -0.619. The van der Waals surface area contributed by atoms with Gasteiger partial charge < -0.3 is 19.3 Å². The molecule has 2 aromatic carbocycles. The summed E-state index contributed by atoms with van der Waals surface area (Å²) in [6.45, 7) is 4.85. The number of aromatic nitrogens is 2. The van der Waals surface area contributed by atoms with Gasteiger partial charge in [0.05, 0.1) is 29.9 Å². The number of nitrogens with zero attached hydrogens (tertiary/aromatic N) is 3. The Bertz CT molecular complexity index is 997. The molecule has 3 rings (SSSR count). The molecule has 178 valence electrons. The number of benzene rings is 2. The minimum absolute atomic E-state index is 0.279. The molecule has 33 heavy (non-hydrogen) atoms. The van der Waals surface area contributed by atoms with E-state index in [2.05, 4.69) is 4.90 Å². The molecule has 1 aromatic heterocycles. The van der Waals surface area contributed by atoms with Gasteiger partial charge in [-0.2, -0.15) is 5.10 Å². The summed E-state index contributed by atoms with van der Waals surface area (Å²) in [7, 11) is 3.52. The van der Waals surface area contributed by atoms with Crippen molar-refractivity contribution in [2.45, 2.75) is 19.6 Å². The van der Waals surface area contributed by atoms with Gasteiger partial charge in [0.1, 0.15) is 11.4 Å². The first-order valence-electron chi connectivity index (χ1n) is 11.0. The van der Waals surface area contributed by atoms with Crippen LogP contribution in [0.5, 0.6) is 11.6 Å². The van der Waals surface area contributed by atoms with Gasteiger partial charge in [0.25, 0.3) is 0 Å². The zero-order valence-corrected chi connectivity index (χ0v) is 20.2. The fourth-order valence-electron chi connectivity index (χ4n) is 3.57. The zero-order chi connectivity index (χ0) is 23.6. The monoisotopic (exact) mass is 473 g/mol. The molecule has 0 radical (unpaired) electrons. The molecule has 1 heterocycles. The highest BCUT2D eigenvalue weighted by atomic mass is 35.5. The van der Waals surface area contributed by atoms with E-state index in [1.54, 1.807) is 17.9 Å². The fourth-order valence-corrected chi connectivity index (χ4v) is 3.74. The van der Waals surface area contributed by atoms with E-state index >= 15 is 0 Å². The number of para-hydroxylation sites is 1. The van der Waals surface area contributed by atoms with Crippen molar-refractivity contribution in [3.05, 3.63) is 65.2 Å². The van der Waals surface area contributed by atoms with Gasteiger partial charge >= 0.3 is 0 Å². The lowest BCUT2D eigenvalue weighted by atomic mass is 10.1. The summed E-state index contributed by atoms with van der Waals surface area (Å²) in [5.74, 6) is 1.16. The summed E-state index contributed by atoms with van der Waals surface area (Å²) in [5, 5.41) is 15.8. The Morgan fingerprint density at radius 1 is 1.12 bits per heavy atom. The molecular formula is C25H32ClN3O4. The van der Waals surface area contributed by atoms with Gasteiger partial charge in [-0.3, -0.25) is 4.90 Å². The molecule has 0 bridgehead atoms. The number of halogens is 1. The molecule has 0 saturated heterocycles. The second-order valence-electron chi connectivity index (χ2n) is 7.70. The van der Waals surface area contributed by atoms with E-state index in [0.29, 0.717) is 49.5 Å². The van der Waals surface area contributed by atoms with Crippen LogP contribution in [-0.4, -0.2) is 65.9 Å². The lowest BCUT2D eigenvalue weighted by molar-refractivity contribution is 0.0148. The van der Waals surface area contributed by atoms with E-state index in [1.807, 2.05) is 62.5 Å². The second-order valence-corrected chi connectivity index (χ2v) is 8.10. The quantitative estimate of drug-likeness (QED) is 0.397. The molecular weight excluding hydrogens is 442 g/mol. The molecule has 1 N–H and O–H groups in total. The van der Waals surface area contributed by atoms with E-state index in [-0.39, 0.29) is 6.61 Å². The van der Waals surface area contributed by atoms with Crippen molar-refractivity contribution in [3.8, 4) is 22.9 Å². The Labute approximate surface area is 200 Å². The van der Waals surface area contributed by atoms with Crippen molar-refractivity contribution < 1.29 is 19.3 Å². The number of rotatable bonds is 13. The molecule has 3 aromatic rings. The van der Waals surface area contributed by atoms with E-state index in [0.717, 1.165) is 16.8 Å². The largest absolute Gasteiger partial charge is 0.437 e. The summed E-state index contributed by atoms with van der Waals surface area (Å²) >= 11 is 6.37. The van der Waals surface area contributed by atoms with Crippen molar-refractivity contribution in [2.75, 3.05) is 40.0 Å². The third-order valence-corrected chi connectivity index (χ3v) is 5.47. The average molecular weight is 474 g/mol. The average Bonchev–Trinajstić information content (AvgIpc) is 3.13. The van der Waals surface area contributed by atoms with Crippen LogP contribution >= 0.6 is 11.6 Å². The number of methoxy groups -OCH3 is 1. The van der Waals surface area contributed by atoms with Crippen molar-refractivity contribution in [2.24, 2.45) is 7.05 Å². The van der Waals surface area contributed by atoms with Crippen LogP contribution in [0.1, 0.15) is 12.5 Å². The Hall–Kier alpha value is -2.42. The Morgan fingerprint density at radius 3 is 2.55 bits per heavy atom. The predicted molar refractivity (Wildman–Crippen MR) is 130 cm³/mol. The standard InChI is InChI=1S/C25H32ClN3O4/c1-4-32-18-20(30)16-29(14-15-31-3)17-21-24(19-10-6-5-7-11-19)27-28(2)25(21)33-23-13-9-8-12-22(23)26/h5-13,20,30H,4,14-18H2,1-3H3/t20-/m1/s1. The molecule has 0 fully saturated rings. The molecule has 1 atom stereocenters. The van der Waals surface area contributed by atoms with Gasteiger partial charge in [0, 0.05) is 46.0 Å². The highest BCUT2D eigenvalue weighted by molar-refractivity contribution is 6.32. The first kappa shape index (κ1) is 25.2. The summed E-state index contributed by atoms with van der Waals surface area (Å²) in [4.78, 5) is 2.12. The maximum atomic E-state index is 10.5. The summed E-state index contributed by atoms with van der Waals surface area (Å²) in [6.07, 6.45) is -0.619. The predicted octanol–water partition coefficient (Wildman–Crippen LogP) is 4.38. The Morgan fingerprint density at radius 2 is 1.85 bits per heavy atom. The topological polar surface area (TPSA) is 69.0 Å². The molecule has 0 saturated carbocycles. The van der Waals surface area contributed by atoms with Gasteiger partial charge in [-0.1, -0.05) is 54.1 Å². The van der Waals surface area contributed by atoms with Crippen LogP contribution in [0, 0.1) is 0 Å². The minimum Gasteiger partial charge on any atom is -0.437 e. The maximum absolute atomic E-state index is 10.5. The fraction of sp³-hybridized carbons (Fsp3) is 0.400. The molecule has 0 amide bonds. The van der Waals surface area contributed by atoms with Crippen LogP contribution in [-0.2, 0) is 23.1 Å². The molecule has 0 aliphatic rings. The lowest BCUT2D eigenvalue weighted by Crippen LogP contribution is -2.36. The number of aryl methyl sites for hydroxylation is 1. The van der Waals surface area contributed by atoms with Crippen molar-refractivity contribution in [3.63, 3.8) is 0 Å². The zero-order valence-electron chi connectivity index (χ0n) is 19.4. The summed E-state index contributed by atoms with van der Waals surface area (Å²) < 4.78 is 18.7. The molecule has 8 heteroatoms. The van der Waals surface area contributed by atoms with Crippen LogP contribution in [0.25, 0.3) is 11.3 Å². The molecule has 0 aliphatic heterocycles. The molecule has 0 unspecified atom stereocenters. The van der Waals surface area contributed by atoms with Gasteiger partial charge in [-0.05, 0) is 19.1 Å². The van der Waals surface area contributed by atoms with Crippen molar-refractivity contribution in [1.82, 2.24) is 14.7 Å². The Kier molecular flexibility index (Phi) is 9.72. The third-order valence-electron chi connectivity index (χ3n) is 5.16. The first-order valence-corrected chi connectivity index (χ1v) is 11.4. The van der Waals surface area contributed by atoms with Crippen LogP contribution in [0.2, 0.25) is 5.02 Å². The third kappa shape index (κ3) is 7.03. The smallest absolute Gasteiger partial charge is 0.222 e. The van der Waals surface area contributed by atoms with Gasteiger partial charge in [0.15, 0.2) is 0 Å². The van der Waals surface area contributed by atoms with E-state index in [4.69, 9.17) is 30.9 Å². The lowest BCUT2D eigenvalue weighted by Gasteiger charge is -2.25. The summed E-state index contributed by atoms with van der Waals surface area (Å²) in [6, 6.07) is 17.3. The van der Waals surface area contributed by atoms with E-state index < -0.39 is 6.10 Å². The molecule has 0 spiro atoms. The Balaban J connectivity index is 1.97. The van der Waals surface area contributed by atoms with Crippen LogP contribution in [0.4, 0.5) is 0 Å². The van der Waals surface area contributed by atoms with Gasteiger partial charge in [0.2, 0.25) is 5.88 Å². The van der Waals surface area contributed by atoms with Crippen molar-refractivity contribution in [1.29, 1.82) is 0 Å². The first-order chi connectivity index (χ1) is 16.0. The van der Waals surface area contributed by atoms with Gasteiger partial charge in [-0.15, -0.1) is 0 Å². The van der Waals surface area contributed by atoms with E-state index in [9.17, 15) is 5.11 Å². The maximum Gasteiger partial charge on any atom is 0.222 e. The van der Waals surface area contributed by atoms with E-state index in [1.165, 1.54) is 0 Å². The highest BCUT2D eigenvalue weighted by Gasteiger charge is 2.23. The second kappa shape index (κ2) is 12.7.